The highest BCUT2D eigenvalue weighted by molar-refractivity contribution is 5.74. The molecule has 1 aromatic rings. The first-order valence-electron chi connectivity index (χ1n) is 7.52. The van der Waals surface area contributed by atoms with E-state index in [2.05, 4.69) is 24.8 Å². The van der Waals surface area contributed by atoms with Crippen LogP contribution in [0.15, 0.2) is 18.2 Å². The van der Waals surface area contributed by atoms with Gasteiger partial charge in [-0.1, -0.05) is 25.8 Å². The molecule has 1 aromatic carbocycles. The van der Waals surface area contributed by atoms with Gasteiger partial charge in [0.05, 0.1) is 18.0 Å². The number of nitrogens with zero attached hydrogens (tertiary/aromatic N) is 1. The molecule has 1 saturated heterocycles. The molecule has 0 amide bonds. The van der Waals surface area contributed by atoms with Gasteiger partial charge in [-0.15, -0.1) is 0 Å². The minimum absolute atomic E-state index is 0.561. The number of nitrogens with two attached hydrogens (primary N) is 1. The number of para-hydroxylation sites is 1. The Hall–Kier alpha value is -1.38. The van der Waals surface area contributed by atoms with Crippen molar-refractivity contribution >= 4 is 11.4 Å². The molecule has 0 spiro atoms. The molecular formula is C16H26N2O. The summed E-state index contributed by atoms with van der Waals surface area (Å²) in [4.78, 5) is 2.45. The van der Waals surface area contributed by atoms with Crippen molar-refractivity contribution in [1.29, 1.82) is 0 Å². The van der Waals surface area contributed by atoms with Crippen molar-refractivity contribution in [3.8, 4) is 5.75 Å². The Morgan fingerprint density at radius 3 is 2.95 bits per heavy atom. The minimum atomic E-state index is 0.561. The number of hydrogen-bond donors (Lipinski definition) is 1. The first-order valence-corrected chi connectivity index (χ1v) is 7.52. The molecule has 106 valence electrons. The second kappa shape index (κ2) is 6.69. The van der Waals surface area contributed by atoms with Crippen molar-refractivity contribution in [3.05, 3.63) is 18.2 Å². The average molecular weight is 262 g/mol. The highest BCUT2D eigenvalue weighted by Gasteiger charge is 2.20. The Labute approximate surface area is 116 Å². The summed E-state index contributed by atoms with van der Waals surface area (Å²) in [5.74, 6) is 0.829. The summed E-state index contributed by atoms with van der Waals surface area (Å²) in [6.07, 6.45) is 6.16. The van der Waals surface area contributed by atoms with E-state index in [1.807, 2.05) is 12.1 Å². The number of hydrogen-bond acceptors (Lipinski definition) is 3. The van der Waals surface area contributed by atoms with Crippen LogP contribution in [-0.4, -0.2) is 19.2 Å². The minimum Gasteiger partial charge on any atom is -0.491 e. The summed E-state index contributed by atoms with van der Waals surface area (Å²) in [5.41, 5.74) is 8.24. The summed E-state index contributed by atoms with van der Waals surface area (Å²) in [7, 11) is 0. The van der Waals surface area contributed by atoms with Crippen molar-refractivity contribution in [2.75, 3.05) is 23.8 Å². The van der Waals surface area contributed by atoms with E-state index in [0.717, 1.165) is 36.7 Å². The van der Waals surface area contributed by atoms with Gasteiger partial charge in [-0.25, -0.2) is 0 Å². The average Bonchev–Trinajstić information content (AvgIpc) is 2.62. The zero-order valence-corrected chi connectivity index (χ0v) is 12.2. The number of benzene rings is 1. The van der Waals surface area contributed by atoms with Crippen molar-refractivity contribution < 1.29 is 4.74 Å². The molecule has 0 saturated carbocycles. The van der Waals surface area contributed by atoms with Crippen LogP contribution in [0.2, 0.25) is 0 Å². The van der Waals surface area contributed by atoms with Crippen molar-refractivity contribution in [1.82, 2.24) is 0 Å². The zero-order chi connectivity index (χ0) is 13.7. The Morgan fingerprint density at radius 1 is 1.32 bits per heavy atom. The predicted octanol–water partition coefficient (Wildman–Crippen LogP) is 3.83. The topological polar surface area (TPSA) is 38.5 Å². The van der Waals surface area contributed by atoms with Crippen LogP contribution < -0.4 is 15.4 Å². The Morgan fingerprint density at radius 2 is 2.16 bits per heavy atom. The molecule has 19 heavy (non-hydrogen) atoms. The van der Waals surface area contributed by atoms with E-state index in [0.29, 0.717) is 6.04 Å². The molecule has 1 atom stereocenters. The molecule has 3 heteroatoms. The molecular weight excluding hydrogens is 236 g/mol. The Balaban J connectivity index is 2.22. The highest BCUT2D eigenvalue weighted by atomic mass is 16.5. The van der Waals surface area contributed by atoms with Gasteiger partial charge in [-0.2, -0.15) is 0 Å². The lowest BCUT2D eigenvalue weighted by atomic mass is 10.1. The van der Waals surface area contributed by atoms with Gasteiger partial charge in [0, 0.05) is 12.6 Å². The molecule has 1 heterocycles. The predicted molar refractivity (Wildman–Crippen MR) is 81.9 cm³/mol. The molecule has 2 rings (SSSR count). The summed E-state index contributed by atoms with van der Waals surface area (Å²) in [6, 6.07) is 6.70. The lowest BCUT2D eigenvalue weighted by molar-refractivity contribution is 0.319. The molecule has 3 nitrogen and oxygen atoms in total. The van der Waals surface area contributed by atoms with E-state index in [-0.39, 0.29) is 0 Å². The second-order valence-electron chi connectivity index (χ2n) is 5.43. The largest absolute Gasteiger partial charge is 0.491 e. The summed E-state index contributed by atoms with van der Waals surface area (Å²) in [5, 5.41) is 0. The van der Waals surface area contributed by atoms with Crippen molar-refractivity contribution in [2.24, 2.45) is 0 Å². The molecule has 1 fully saturated rings. The van der Waals surface area contributed by atoms with Gasteiger partial charge in [-0.05, 0) is 38.3 Å². The van der Waals surface area contributed by atoms with Gasteiger partial charge in [0.1, 0.15) is 5.75 Å². The third-order valence-electron chi connectivity index (χ3n) is 3.87. The summed E-state index contributed by atoms with van der Waals surface area (Å²) >= 11 is 0. The Kier molecular flexibility index (Phi) is 4.94. The SMILES string of the molecule is CCCOc1cccc(N2CCCCCC2C)c1N. The monoisotopic (exact) mass is 262 g/mol. The summed E-state index contributed by atoms with van der Waals surface area (Å²) in [6.45, 7) is 6.23. The van der Waals surface area contributed by atoms with Gasteiger partial charge in [0.15, 0.2) is 0 Å². The quantitative estimate of drug-likeness (QED) is 0.838. The van der Waals surface area contributed by atoms with E-state index < -0.39 is 0 Å². The normalized spacial score (nSPS) is 20.1. The van der Waals surface area contributed by atoms with E-state index in [4.69, 9.17) is 10.5 Å². The summed E-state index contributed by atoms with van der Waals surface area (Å²) < 4.78 is 5.73. The molecule has 2 N–H and O–H groups in total. The molecule has 0 bridgehead atoms. The van der Waals surface area contributed by atoms with Gasteiger partial charge in [0.25, 0.3) is 0 Å². The maximum Gasteiger partial charge on any atom is 0.144 e. The fourth-order valence-corrected chi connectivity index (χ4v) is 2.75. The molecule has 0 aliphatic carbocycles. The van der Waals surface area contributed by atoms with Gasteiger partial charge in [-0.3, -0.25) is 0 Å². The number of anilines is 2. The molecule has 1 aliphatic rings. The Bertz CT molecular complexity index is 406. The number of rotatable bonds is 4. The van der Waals surface area contributed by atoms with Crippen LogP contribution in [0.3, 0.4) is 0 Å². The van der Waals surface area contributed by atoms with E-state index in [1.165, 1.54) is 25.7 Å². The third-order valence-corrected chi connectivity index (χ3v) is 3.87. The lowest BCUT2D eigenvalue weighted by Crippen LogP contribution is -2.33. The van der Waals surface area contributed by atoms with Crippen LogP contribution in [0.5, 0.6) is 5.75 Å². The first-order chi connectivity index (χ1) is 9.24. The lowest BCUT2D eigenvalue weighted by Gasteiger charge is -2.31. The number of ether oxygens (including phenoxy) is 1. The molecule has 0 radical (unpaired) electrons. The molecule has 1 unspecified atom stereocenters. The smallest absolute Gasteiger partial charge is 0.144 e. The van der Waals surface area contributed by atoms with Crippen molar-refractivity contribution in [3.63, 3.8) is 0 Å². The van der Waals surface area contributed by atoms with E-state index in [1.54, 1.807) is 0 Å². The van der Waals surface area contributed by atoms with Crippen LogP contribution >= 0.6 is 0 Å². The maximum atomic E-state index is 6.30. The number of nitrogen functional groups attached to an aromatic ring is 1. The van der Waals surface area contributed by atoms with Crippen LogP contribution in [0, 0.1) is 0 Å². The maximum absolute atomic E-state index is 6.30. The highest BCUT2D eigenvalue weighted by Crippen LogP contribution is 2.35. The van der Waals surface area contributed by atoms with E-state index in [9.17, 15) is 0 Å². The van der Waals surface area contributed by atoms with Gasteiger partial charge in [0.2, 0.25) is 0 Å². The van der Waals surface area contributed by atoms with Gasteiger partial charge >= 0.3 is 0 Å². The first kappa shape index (κ1) is 14.0. The molecule has 0 aromatic heterocycles. The van der Waals surface area contributed by atoms with E-state index >= 15 is 0 Å². The standard InChI is InChI=1S/C16H26N2O/c1-3-12-19-15-10-7-9-14(16(15)17)18-11-6-4-5-8-13(18)2/h7,9-10,13H,3-6,8,11-12,17H2,1-2H3. The van der Waals surface area contributed by atoms with Crippen LogP contribution in [0.4, 0.5) is 11.4 Å². The fraction of sp³-hybridized carbons (Fsp3) is 0.625. The third kappa shape index (κ3) is 3.34. The molecule has 1 aliphatic heterocycles. The van der Waals surface area contributed by atoms with Crippen molar-refractivity contribution in [2.45, 2.75) is 52.0 Å². The zero-order valence-electron chi connectivity index (χ0n) is 12.2. The van der Waals surface area contributed by atoms with Gasteiger partial charge < -0.3 is 15.4 Å². The second-order valence-corrected chi connectivity index (χ2v) is 5.43. The van der Waals surface area contributed by atoms with Crippen LogP contribution in [0.25, 0.3) is 0 Å². The fourth-order valence-electron chi connectivity index (χ4n) is 2.75. The van der Waals surface area contributed by atoms with Crippen LogP contribution in [-0.2, 0) is 0 Å². The van der Waals surface area contributed by atoms with Crippen LogP contribution in [0.1, 0.15) is 46.0 Å².